The number of amides is 1. The summed E-state index contributed by atoms with van der Waals surface area (Å²) in [4.78, 5) is 13.7. The van der Waals surface area contributed by atoms with Gasteiger partial charge in [0, 0.05) is 10.9 Å². The highest BCUT2D eigenvalue weighted by Crippen LogP contribution is 2.21. The van der Waals surface area contributed by atoms with Crippen molar-refractivity contribution in [3.8, 4) is 0 Å². The molecular weight excluding hydrogens is 298 g/mol. The van der Waals surface area contributed by atoms with E-state index in [-0.39, 0.29) is 5.82 Å². The van der Waals surface area contributed by atoms with Gasteiger partial charge in [-0.2, -0.15) is 0 Å². The average molecular weight is 304 g/mol. The van der Waals surface area contributed by atoms with Gasteiger partial charge in [-0.05, 0) is 40.8 Å². The molecule has 0 aliphatic rings. The molecular formula is C9H6FIN2O. The van der Waals surface area contributed by atoms with E-state index in [2.05, 4.69) is 4.98 Å². The number of rotatable bonds is 1. The normalized spacial score (nSPS) is 10.7. The van der Waals surface area contributed by atoms with E-state index in [1.54, 1.807) is 6.07 Å². The molecule has 0 saturated heterocycles. The number of nitrogens with two attached hydrogens (primary N) is 1. The highest BCUT2D eigenvalue weighted by atomic mass is 127. The molecule has 0 aliphatic heterocycles. The van der Waals surface area contributed by atoms with Crippen LogP contribution < -0.4 is 5.73 Å². The maximum absolute atomic E-state index is 13.1. The van der Waals surface area contributed by atoms with Crippen molar-refractivity contribution in [2.45, 2.75) is 0 Å². The molecule has 3 N–H and O–H groups in total. The first-order valence-electron chi connectivity index (χ1n) is 3.85. The lowest BCUT2D eigenvalue weighted by Gasteiger charge is -1.93. The zero-order valence-corrected chi connectivity index (χ0v) is 9.13. The highest BCUT2D eigenvalue weighted by Gasteiger charge is 2.08. The second kappa shape index (κ2) is 3.23. The topological polar surface area (TPSA) is 58.9 Å². The van der Waals surface area contributed by atoms with E-state index in [1.807, 2.05) is 22.6 Å². The first-order valence-corrected chi connectivity index (χ1v) is 4.93. The minimum Gasteiger partial charge on any atom is -0.364 e. The van der Waals surface area contributed by atoms with Crippen molar-refractivity contribution in [3.05, 3.63) is 33.3 Å². The number of H-pyrrole nitrogens is 1. The molecule has 1 amide bonds. The molecule has 2 rings (SSSR count). The molecule has 1 aromatic heterocycles. The third-order valence-electron chi connectivity index (χ3n) is 1.93. The Hall–Kier alpha value is -1.11. The first-order chi connectivity index (χ1) is 6.58. The number of fused-ring (bicyclic) bond motifs is 1. The van der Waals surface area contributed by atoms with Crippen LogP contribution in [0.15, 0.2) is 18.2 Å². The fraction of sp³-hybridized carbons (Fsp3) is 0. The van der Waals surface area contributed by atoms with E-state index >= 15 is 0 Å². The van der Waals surface area contributed by atoms with Gasteiger partial charge < -0.3 is 10.7 Å². The number of nitrogens with one attached hydrogen (secondary N) is 1. The number of benzene rings is 1. The number of aromatic amines is 1. The summed E-state index contributed by atoms with van der Waals surface area (Å²) in [6, 6.07) is 4.55. The lowest BCUT2D eigenvalue weighted by molar-refractivity contribution is 0.0996. The SMILES string of the molecule is NC(=O)c1cc2cc(F)c(I)cc2[nH]1. The Kier molecular flexibility index (Phi) is 2.18. The molecule has 0 unspecified atom stereocenters. The third kappa shape index (κ3) is 1.47. The van der Waals surface area contributed by atoms with Gasteiger partial charge in [0.15, 0.2) is 0 Å². The largest absolute Gasteiger partial charge is 0.364 e. The summed E-state index contributed by atoms with van der Waals surface area (Å²) < 4.78 is 13.6. The predicted octanol–water partition coefficient (Wildman–Crippen LogP) is 2.01. The Morgan fingerprint density at radius 1 is 1.43 bits per heavy atom. The molecule has 0 saturated carbocycles. The zero-order chi connectivity index (χ0) is 10.3. The maximum atomic E-state index is 13.1. The Morgan fingerprint density at radius 2 is 2.14 bits per heavy atom. The van der Waals surface area contributed by atoms with Gasteiger partial charge in [0.05, 0.1) is 3.57 Å². The molecule has 2 aromatic rings. The van der Waals surface area contributed by atoms with Crippen LogP contribution in [0.5, 0.6) is 0 Å². The summed E-state index contributed by atoms with van der Waals surface area (Å²) in [5.41, 5.74) is 6.09. The van der Waals surface area contributed by atoms with Crippen molar-refractivity contribution < 1.29 is 9.18 Å². The van der Waals surface area contributed by atoms with Crippen molar-refractivity contribution >= 4 is 39.4 Å². The molecule has 0 aliphatic carbocycles. The van der Waals surface area contributed by atoms with Gasteiger partial charge in [-0.15, -0.1) is 0 Å². The van der Waals surface area contributed by atoms with Crippen molar-refractivity contribution in [2.24, 2.45) is 5.73 Å². The number of carbonyl (C=O) groups is 1. The van der Waals surface area contributed by atoms with E-state index in [9.17, 15) is 9.18 Å². The fourth-order valence-electron chi connectivity index (χ4n) is 1.26. The third-order valence-corrected chi connectivity index (χ3v) is 2.75. The van der Waals surface area contributed by atoms with E-state index in [0.29, 0.717) is 20.2 Å². The monoisotopic (exact) mass is 304 g/mol. The van der Waals surface area contributed by atoms with Crippen molar-refractivity contribution in [1.29, 1.82) is 0 Å². The van der Waals surface area contributed by atoms with Crippen LogP contribution in [0, 0.1) is 9.39 Å². The van der Waals surface area contributed by atoms with Crippen LogP contribution in [0.25, 0.3) is 10.9 Å². The number of carbonyl (C=O) groups excluding carboxylic acids is 1. The molecule has 3 nitrogen and oxygen atoms in total. The van der Waals surface area contributed by atoms with Gasteiger partial charge in [0.2, 0.25) is 0 Å². The van der Waals surface area contributed by atoms with Crippen LogP contribution in [0.4, 0.5) is 4.39 Å². The van der Waals surface area contributed by atoms with E-state index in [1.165, 1.54) is 12.1 Å². The summed E-state index contributed by atoms with van der Waals surface area (Å²) in [5.74, 6) is -0.843. The van der Waals surface area contributed by atoms with E-state index in [0.717, 1.165) is 0 Å². The van der Waals surface area contributed by atoms with Crippen molar-refractivity contribution in [3.63, 3.8) is 0 Å². The molecule has 0 bridgehead atoms. The van der Waals surface area contributed by atoms with E-state index < -0.39 is 5.91 Å². The van der Waals surface area contributed by atoms with Crippen LogP contribution in [-0.4, -0.2) is 10.9 Å². The number of primary amides is 1. The minimum absolute atomic E-state index is 0.293. The Labute approximate surface area is 92.6 Å². The van der Waals surface area contributed by atoms with Gasteiger partial charge in [0.1, 0.15) is 11.5 Å². The molecule has 1 heterocycles. The predicted molar refractivity (Wildman–Crippen MR) is 59.5 cm³/mol. The smallest absolute Gasteiger partial charge is 0.265 e. The molecule has 0 radical (unpaired) electrons. The standard InChI is InChI=1S/C9H6FIN2O/c10-5-1-4-2-8(9(12)14)13-7(4)3-6(5)11/h1-3,13H,(H2,12,14). The van der Waals surface area contributed by atoms with Gasteiger partial charge in [0.25, 0.3) is 5.91 Å². The lowest BCUT2D eigenvalue weighted by atomic mass is 10.2. The van der Waals surface area contributed by atoms with Crippen LogP contribution in [0.1, 0.15) is 10.5 Å². The Balaban J connectivity index is 2.72. The number of hydrogen-bond acceptors (Lipinski definition) is 1. The summed E-state index contributed by atoms with van der Waals surface area (Å²) in [6.45, 7) is 0. The summed E-state index contributed by atoms with van der Waals surface area (Å²) in [5, 5.41) is 0.650. The zero-order valence-electron chi connectivity index (χ0n) is 6.97. The summed E-state index contributed by atoms with van der Waals surface area (Å²) in [7, 11) is 0. The van der Waals surface area contributed by atoms with Crippen LogP contribution in [0.3, 0.4) is 0 Å². The molecule has 1 aromatic carbocycles. The first kappa shape index (κ1) is 9.45. The summed E-state index contributed by atoms with van der Waals surface area (Å²) in [6.07, 6.45) is 0. The van der Waals surface area contributed by atoms with Gasteiger partial charge in [-0.3, -0.25) is 4.79 Å². The Bertz CT molecular complexity index is 482. The molecule has 0 spiro atoms. The summed E-state index contributed by atoms with van der Waals surface area (Å²) >= 11 is 1.89. The molecule has 0 atom stereocenters. The fourth-order valence-corrected chi connectivity index (χ4v) is 1.73. The van der Waals surface area contributed by atoms with Crippen molar-refractivity contribution in [1.82, 2.24) is 4.98 Å². The molecule has 72 valence electrons. The van der Waals surface area contributed by atoms with Crippen LogP contribution in [-0.2, 0) is 0 Å². The van der Waals surface area contributed by atoms with Crippen LogP contribution in [0.2, 0.25) is 0 Å². The maximum Gasteiger partial charge on any atom is 0.265 e. The second-order valence-electron chi connectivity index (χ2n) is 2.90. The Morgan fingerprint density at radius 3 is 2.79 bits per heavy atom. The number of aromatic nitrogens is 1. The van der Waals surface area contributed by atoms with E-state index in [4.69, 9.17) is 5.73 Å². The number of hydrogen-bond donors (Lipinski definition) is 2. The highest BCUT2D eigenvalue weighted by molar-refractivity contribution is 14.1. The quantitative estimate of drug-likeness (QED) is 0.778. The van der Waals surface area contributed by atoms with Crippen molar-refractivity contribution in [2.75, 3.05) is 0 Å². The number of halogens is 2. The lowest BCUT2D eigenvalue weighted by Crippen LogP contribution is -2.10. The molecule has 5 heteroatoms. The minimum atomic E-state index is -0.545. The van der Waals surface area contributed by atoms with Gasteiger partial charge in [-0.25, -0.2) is 4.39 Å². The van der Waals surface area contributed by atoms with Gasteiger partial charge in [-0.1, -0.05) is 0 Å². The van der Waals surface area contributed by atoms with Crippen LogP contribution >= 0.6 is 22.6 Å². The molecule has 14 heavy (non-hydrogen) atoms. The molecule has 0 fully saturated rings. The second-order valence-corrected chi connectivity index (χ2v) is 4.06. The average Bonchev–Trinajstić information content (AvgIpc) is 2.48. The van der Waals surface area contributed by atoms with Gasteiger partial charge >= 0.3 is 0 Å².